The normalized spacial score (nSPS) is 14.3. The molecule has 4 heterocycles. The number of aromatic amines is 1. The fraction of sp³-hybridized carbons (Fsp3) is 0.200. The number of fused-ring (bicyclic) bond motifs is 3. The third kappa shape index (κ3) is 3.05. The number of carbonyl (C=O) groups is 1. The second kappa shape index (κ2) is 7.30. The van der Waals surface area contributed by atoms with E-state index in [1.807, 2.05) is 41.3 Å². The zero-order valence-electron chi connectivity index (χ0n) is 17.3. The van der Waals surface area contributed by atoms with Crippen molar-refractivity contribution in [2.75, 3.05) is 6.61 Å². The van der Waals surface area contributed by atoms with E-state index in [-0.39, 0.29) is 11.5 Å². The molecule has 0 unspecified atom stereocenters. The minimum atomic E-state index is -0.204. The van der Waals surface area contributed by atoms with Crippen LogP contribution >= 0.6 is 0 Å². The first-order valence-electron chi connectivity index (χ1n) is 10.6. The molecular formula is C25H20N4O3. The number of nitrogens with zero attached hydrogens (tertiary/aromatic N) is 3. The molecule has 2 aromatic carbocycles. The van der Waals surface area contributed by atoms with Gasteiger partial charge in [-0.25, -0.2) is 5.10 Å². The van der Waals surface area contributed by atoms with Crippen molar-refractivity contribution in [1.29, 1.82) is 0 Å². The zero-order valence-corrected chi connectivity index (χ0v) is 17.3. The zero-order chi connectivity index (χ0) is 21.7. The van der Waals surface area contributed by atoms with E-state index in [0.29, 0.717) is 42.8 Å². The maximum absolute atomic E-state index is 13.5. The highest BCUT2D eigenvalue weighted by atomic mass is 16.5. The highest BCUT2D eigenvalue weighted by Gasteiger charge is 2.30. The van der Waals surface area contributed by atoms with Crippen LogP contribution in [0, 0.1) is 0 Å². The highest BCUT2D eigenvalue weighted by Crippen LogP contribution is 2.34. The fourth-order valence-electron chi connectivity index (χ4n) is 4.65. The molecule has 7 nitrogen and oxygen atoms in total. The first kappa shape index (κ1) is 18.7. The quantitative estimate of drug-likeness (QED) is 0.546. The third-order valence-corrected chi connectivity index (χ3v) is 6.19. The molecule has 0 spiro atoms. The largest absolute Gasteiger partial charge is 0.492 e. The molecule has 2 aliphatic heterocycles. The average molecular weight is 424 g/mol. The number of nitrogens with one attached hydrogen (secondary N) is 1. The van der Waals surface area contributed by atoms with Crippen molar-refractivity contribution < 1.29 is 9.53 Å². The number of hydrogen-bond donors (Lipinski definition) is 1. The number of ether oxygens (including phenoxy) is 1. The summed E-state index contributed by atoms with van der Waals surface area (Å²) in [6.45, 7) is 1.62. The average Bonchev–Trinajstić information content (AvgIpc) is 3.47. The Morgan fingerprint density at radius 1 is 1.06 bits per heavy atom. The van der Waals surface area contributed by atoms with Crippen LogP contribution in [-0.2, 0) is 25.9 Å². The van der Waals surface area contributed by atoms with Crippen LogP contribution in [0.5, 0.6) is 5.75 Å². The van der Waals surface area contributed by atoms with Gasteiger partial charge in [0, 0.05) is 31.0 Å². The van der Waals surface area contributed by atoms with Crippen LogP contribution in [0.1, 0.15) is 38.4 Å². The van der Waals surface area contributed by atoms with Gasteiger partial charge in [-0.3, -0.25) is 14.6 Å². The van der Waals surface area contributed by atoms with Gasteiger partial charge in [0.15, 0.2) is 0 Å². The number of amides is 1. The molecule has 0 atom stereocenters. The van der Waals surface area contributed by atoms with Crippen LogP contribution in [0.25, 0.3) is 10.8 Å². The molecule has 0 saturated carbocycles. The predicted molar refractivity (Wildman–Crippen MR) is 119 cm³/mol. The van der Waals surface area contributed by atoms with E-state index in [2.05, 4.69) is 21.2 Å². The van der Waals surface area contributed by atoms with Gasteiger partial charge < -0.3 is 9.64 Å². The summed E-state index contributed by atoms with van der Waals surface area (Å²) in [5.74, 6) is 0.629. The number of aromatic nitrogens is 3. The molecule has 158 valence electrons. The summed E-state index contributed by atoms with van der Waals surface area (Å²) >= 11 is 0. The third-order valence-electron chi connectivity index (χ3n) is 6.19. The van der Waals surface area contributed by atoms with E-state index in [1.54, 1.807) is 12.3 Å². The van der Waals surface area contributed by atoms with Gasteiger partial charge in [0.1, 0.15) is 5.75 Å². The molecule has 2 aliphatic rings. The molecule has 1 amide bonds. The molecule has 0 saturated heterocycles. The Kier molecular flexibility index (Phi) is 4.28. The number of rotatable bonds is 3. The Morgan fingerprint density at radius 3 is 2.81 bits per heavy atom. The summed E-state index contributed by atoms with van der Waals surface area (Å²) in [5.41, 5.74) is 5.18. The molecular weight excluding hydrogens is 404 g/mol. The Labute approximate surface area is 183 Å². The van der Waals surface area contributed by atoms with Gasteiger partial charge >= 0.3 is 0 Å². The topological polar surface area (TPSA) is 88.2 Å². The first-order chi connectivity index (χ1) is 15.7. The molecule has 0 aliphatic carbocycles. The van der Waals surface area contributed by atoms with Crippen molar-refractivity contribution in [2.24, 2.45) is 0 Å². The lowest BCUT2D eigenvalue weighted by Gasteiger charge is -2.18. The van der Waals surface area contributed by atoms with E-state index in [4.69, 9.17) is 4.74 Å². The van der Waals surface area contributed by atoms with Crippen LogP contribution in [0.15, 0.2) is 59.5 Å². The van der Waals surface area contributed by atoms with Gasteiger partial charge in [-0.2, -0.15) is 5.10 Å². The van der Waals surface area contributed by atoms with E-state index in [9.17, 15) is 9.59 Å². The Morgan fingerprint density at radius 2 is 1.94 bits per heavy atom. The van der Waals surface area contributed by atoms with E-state index in [0.717, 1.165) is 39.9 Å². The number of benzene rings is 2. The Hall–Kier alpha value is -4.00. The summed E-state index contributed by atoms with van der Waals surface area (Å²) in [6, 6.07) is 15.3. The van der Waals surface area contributed by atoms with Crippen LogP contribution in [0.3, 0.4) is 0 Å². The second-order valence-electron chi connectivity index (χ2n) is 8.22. The van der Waals surface area contributed by atoms with Crippen molar-refractivity contribution in [3.8, 4) is 5.75 Å². The number of H-pyrrole nitrogens is 1. The fourth-order valence-corrected chi connectivity index (χ4v) is 4.65. The van der Waals surface area contributed by atoms with Crippen LogP contribution in [-0.4, -0.2) is 32.6 Å². The molecule has 32 heavy (non-hydrogen) atoms. The standard InChI is InChI=1S/C25H20N4O3/c30-24-19-6-2-1-5-18(19)21(27-28-24)12-15-10-16-7-9-32-23(16)20(11-15)25(31)29-13-17-4-3-8-26-22(17)14-29/h1-6,8,10-11H,7,9,12-14H2,(H,28,30). The second-order valence-corrected chi connectivity index (χ2v) is 8.22. The van der Waals surface area contributed by atoms with E-state index in [1.165, 1.54) is 0 Å². The molecule has 7 heteroatoms. The molecule has 4 aromatic rings. The molecule has 6 rings (SSSR count). The van der Waals surface area contributed by atoms with Crippen molar-refractivity contribution >= 4 is 16.7 Å². The summed E-state index contributed by atoms with van der Waals surface area (Å²) in [6.07, 6.45) is 3.04. The first-order valence-corrected chi connectivity index (χ1v) is 10.6. The number of pyridine rings is 1. The van der Waals surface area contributed by atoms with Gasteiger partial charge in [-0.1, -0.05) is 30.3 Å². The van der Waals surface area contributed by atoms with Gasteiger partial charge in [0.2, 0.25) is 0 Å². The lowest BCUT2D eigenvalue weighted by Crippen LogP contribution is -2.26. The SMILES string of the molecule is O=C(c1cc(Cc2n[nH]c(=O)c3ccccc23)cc2c1OCC2)N1Cc2cccnc2C1. The van der Waals surface area contributed by atoms with Crippen molar-refractivity contribution in [2.45, 2.75) is 25.9 Å². The van der Waals surface area contributed by atoms with Crippen LogP contribution in [0.4, 0.5) is 0 Å². The van der Waals surface area contributed by atoms with Crippen LogP contribution in [0.2, 0.25) is 0 Å². The van der Waals surface area contributed by atoms with Crippen molar-refractivity contribution in [1.82, 2.24) is 20.1 Å². The maximum atomic E-state index is 13.5. The lowest BCUT2D eigenvalue weighted by molar-refractivity contribution is 0.0746. The Balaban J connectivity index is 1.38. The molecule has 1 N–H and O–H groups in total. The summed E-state index contributed by atoms with van der Waals surface area (Å²) in [5, 5.41) is 8.33. The van der Waals surface area contributed by atoms with Gasteiger partial charge in [-0.05, 0) is 34.9 Å². The Bertz CT molecular complexity index is 1420. The summed E-state index contributed by atoms with van der Waals surface area (Å²) in [7, 11) is 0. The smallest absolute Gasteiger partial charge is 0.272 e. The monoisotopic (exact) mass is 424 g/mol. The van der Waals surface area contributed by atoms with E-state index < -0.39 is 0 Å². The van der Waals surface area contributed by atoms with Crippen molar-refractivity contribution in [3.63, 3.8) is 0 Å². The molecule has 0 radical (unpaired) electrons. The predicted octanol–water partition coefficient (Wildman–Crippen LogP) is 3.00. The molecule has 0 bridgehead atoms. The lowest BCUT2D eigenvalue weighted by atomic mass is 9.98. The number of hydrogen-bond acceptors (Lipinski definition) is 5. The van der Waals surface area contributed by atoms with Gasteiger partial charge in [0.25, 0.3) is 11.5 Å². The van der Waals surface area contributed by atoms with Gasteiger partial charge in [-0.15, -0.1) is 0 Å². The number of carbonyl (C=O) groups excluding carboxylic acids is 1. The van der Waals surface area contributed by atoms with E-state index >= 15 is 0 Å². The minimum absolute atomic E-state index is 0.0534. The summed E-state index contributed by atoms with van der Waals surface area (Å²) < 4.78 is 5.85. The van der Waals surface area contributed by atoms with Crippen molar-refractivity contribution in [3.05, 3.63) is 98.7 Å². The van der Waals surface area contributed by atoms with Crippen LogP contribution < -0.4 is 10.3 Å². The maximum Gasteiger partial charge on any atom is 0.272 e. The van der Waals surface area contributed by atoms with Gasteiger partial charge in [0.05, 0.1) is 35.5 Å². The summed E-state index contributed by atoms with van der Waals surface area (Å²) in [4.78, 5) is 31.8. The molecule has 0 fully saturated rings. The minimum Gasteiger partial charge on any atom is -0.492 e. The molecule has 2 aromatic heterocycles. The highest BCUT2D eigenvalue weighted by molar-refractivity contribution is 5.98.